The lowest BCUT2D eigenvalue weighted by atomic mass is 10.1. The van der Waals surface area contributed by atoms with Gasteiger partial charge in [-0.05, 0) is 6.92 Å². The molecule has 1 N–H and O–H groups in total. The SMILES string of the molecule is Cc1onc(CO)c1CC=O. The molecular weight excluding hydrogens is 146 g/mol. The molecule has 1 aromatic rings. The van der Waals surface area contributed by atoms with Crippen molar-refractivity contribution in [1.82, 2.24) is 5.16 Å². The number of carbonyl (C=O) groups is 1. The molecule has 0 aromatic carbocycles. The van der Waals surface area contributed by atoms with Gasteiger partial charge < -0.3 is 14.4 Å². The van der Waals surface area contributed by atoms with Crippen molar-refractivity contribution in [3.8, 4) is 0 Å². The molecule has 0 aliphatic carbocycles. The van der Waals surface area contributed by atoms with Crippen molar-refractivity contribution in [2.24, 2.45) is 0 Å². The summed E-state index contributed by atoms with van der Waals surface area (Å²) in [5, 5.41) is 12.3. The molecule has 0 bridgehead atoms. The van der Waals surface area contributed by atoms with Crippen LogP contribution in [0.5, 0.6) is 0 Å². The second kappa shape index (κ2) is 3.30. The second-order valence-electron chi connectivity index (χ2n) is 2.19. The Bertz CT molecular complexity index is 254. The summed E-state index contributed by atoms with van der Waals surface area (Å²) in [5.74, 6) is 0.598. The van der Waals surface area contributed by atoms with E-state index in [1.54, 1.807) is 6.92 Å². The molecule has 0 saturated heterocycles. The zero-order chi connectivity index (χ0) is 8.27. The highest BCUT2D eigenvalue weighted by Crippen LogP contribution is 2.12. The summed E-state index contributed by atoms with van der Waals surface area (Å²) in [6.45, 7) is 1.53. The van der Waals surface area contributed by atoms with Gasteiger partial charge in [-0.1, -0.05) is 5.16 Å². The van der Waals surface area contributed by atoms with Crippen LogP contribution in [0.3, 0.4) is 0 Å². The topological polar surface area (TPSA) is 63.3 Å². The van der Waals surface area contributed by atoms with E-state index in [0.717, 1.165) is 6.29 Å². The minimum atomic E-state index is -0.180. The van der Waals surface area contributed by atoms with Crippen LogP contribution in [-0.2, 0) is 17.8 Å². The smallest absolute Gasteiger partial charge is 0.137 e. The average Bonchev–Trinajstić information content (AvgIpc) is 2.34. The van der Waals surface area contributed by atoms with Gasteiger partial charge in [0.05, 0.1) is 6.61 Å². The Morgan fingerprint density at radius 2 is 2.45 bits per heavy atom. The van der Waals surface area contributed by atoms with Gasteiger partial charge in [-0.2, -0.15) is 0 Å². The molecule has 0 spiro atoms. The first-order valence-corrected chi connectivity index (χ1v) is 3.28. The van der Waals surface area contributed by atoms with E-state index in [1.165, 1.54) is 0 Å². The van der Waals surface area contributed by atoms with E-state index in [0.29, 0.717) is 17.0 Å². The van der Waals surface area contributed by atoms with Gasteiger partial charge in [-0.25, -0.2) is 0 Å². The quantitative estimate of drug-likeness (QED) is 0.634. The molecular formula is C7H9NO3. The Morgan fingerprint density at radius 1 is 1.73 bits per heavy atom. The first kappa shape index (κ1) is 7.94. The number of hydrogen-bond acceptors (Lipinski definition) is 4. The molecule has 0 fully saturated rings. The van der Waals surface area contributed by atoms with Gasteiger partial charge in [0.15, 0.2) is 0 Å². The Kier molecular flexibility index (Phi) is 2.38. The summed E-state index contributed by atoms with van der Waals surface area (Å²) in [7, 11) is 0. The van der Waals surface area contributed by atoms with Gasteiger partial charge >= 0.3 is 0 Å². The summed E-state index contributed by atoms with van der Waals surface area (Å²) in [5.41, 5.74) is 1.15. The van der Waals surface area contributed by atoms with Gasteiger partial charge in [0.2, 0.25) is 0 Å². The number of rotatable bonds is 3. The summed E-state index contributed by atoms with van der Waals surface area (Å²) in [6, 6.07) is 0. The largest absolute Gasteiger partial charge is 0.390 e. The maximum Gasteiger partial charge on any atom is 0.137 e. The molecule has 4 nitrogen and oxygen atoms in total. The standard InChI is InChI=1S/C7H9NO3/c1-5-6(2-3-9)7(4-10)8-11-5/h3,10H,2,4H2,1H3. The summed E-state index contributed by atoms with van der Waals surface area (Å²) < 4.78 is 4.77. The maximum absolute atomic E-state index is 10.1. The number of aromatic nitrogens is 1. The third-order valence-electron chi connectivity index (χ3n) is 1.50. The molecule has 0 radical (unpaired) electrons. The number of aryl methyl sites for hydroxylation is 1. The Morgan fingerprint density at radius 3 is 3.00 bits per heavy atom. The van der Waals surface area contributed by atoms with Crippen molar-refractivity contribution < 1.29 is 14.4 Å². The fraction of sp³-hybridized carbons (Fsp3) is 0.429. The zero-order valence-corrected chi connectivity index (χ0v) is 6.20. The van der Waals surface area contributed by atoms with E-state index in [4.69, 9.17) is 9.63 Å². The number of aliphatic hydroxyl groups is 1. The number of carbonyl (C=O) groups excluding carboxylic acids is 1. The Balaban J connectivity index is 2.96. The molecule has 0 amide bonds. The van der Waals surface area contributed by atoms with Crippen LogP contribution in [-0.4, -0.2) is 16.5 Å². The van der Waals surface area contributed by atoms with Crippen molar-refractivity contribution in [3.63, 3.8) is 0 Å². The molecule has 4 heteroatoms. The number of aliphatic hydroxyl groups excluding tert-OH is 1. The second-order valence-corrected chi connectivity index (χ2v) is 2.19. The van der Waals surface area contributed by atoms with Crippen LogP contribution in [0.2, 0.25) is 0 Å². The van der Waals surface area contributed by atoms with Crippen molar-refractivity contribution in [3.05, 3.63) is 17.0 Å². The molecule has 1 rings (SSSR count). The molecule has 1 heterocycles. The van der Waals surface area contributed by atoms with Crippen molar-refractivity contribution in [2.75, 3.05) is 0 Å². The van der Waals surface area contributed by atoms with E-state index in [-0.39, 0.29) is 13.0 Å². The first-order chi connectivity index (χ1) is 5.29. The van der Waals surface area contributed by atoms with Gasteiger partial charge in [0.1, 0.15) is 17.7 Å². The van der Waals surface area contributed by atoms with Crippen LogP contribution in [0.4, 0.5) is 0 Å². The highest BCUT2D eigenvalue weighted by molar-refractivity contribution is 5.56. The first-order valence-electron chi connectivity index (χ1n) is 3.28. The van der Waals surface area contributed by atoms with Crippen molar-refractivity contribution >= 4 is 6.29 Å². The van der Waals surface area contributed by atoms with Gasteiger partial charge in [-0.15, -0.1) is 0 Å². The fourth-order valence-corrected chi connectivity index (χ4v) is 0.906. The van der Waals surface area contributed by atoms with Crippen LogP contribution in [0.15, 0.2) is 4.52 Å². The van der Waals surface area contributed by atoms with E-state index in [9.17, 15) is 4.79 Å². The highest BCUT2D eigenvalue weighted by atomic mass is 16.5. The Labute approximate surface area is 63.8 Å². The molecule has 1 aromatic heterocycles. The van der Waals surface area contributed by atoms with Gasteiger partial charge in [0, 0.05) is 12.0 Å². The predicted octanol–water partition coefficient (Wildman–Crippen LogP) is 0.217. The van der Waals surface area contributed by atoms with Gasteiger partial charge in [0.25, 0.3) is 0 Å². The maximum atomic E-state index is 10.1. The number of hydrogen-bond donors (Lipinski definition) is 1. The predicted molar refractivity (Wildman–Crippen MR) is 36.9 cm³/mol. The van der Waals surface area contributed by atoms with E-state index < -0.39 is 0 Å². The van der Waals surface area contributed by atoms with E-state index in [2.05, 4.69) is 5.16 Å². The average molecular weight is 155 g/mol. The summed E-state index contributed by atoms with van der Waals surface area (Å²) in [6.07, 6.45) is 1.02. The summed E-state index contributed by atoms with van der Waals surface area (Å²) >= 11 is 0. The molecule has 0 unspecified atom stereocenters. The third kappa shape index (κ3) is 1.46. The lowest BCUT2D eigenvalue weighted by Gasteiger charge is -1.90. The minimum absolute atomic E-state index is 0.180. The summed E-state index contributed by atoms with van der Waals surface area (Å²) in [4.78, 5) is 10.1. The molecule has 0 aliphatic rings. The van der Waals surface area contributed by atoms with Gasteiger partial charge in [-0.3, -0.25) is 0 Å². The van der Waals surface area contributed by atoms with Crippen LogP contribution in [0.1, 0.15) is 17.0 Å². The molecule has 60 valence electrons. The van der Waals surface area contributed by atoms with Crippen LogP contribution < -0.4 is 0 Å². The fourth-order valence-electron chi connectivity index (χ4n) is 0.906. The van der Waals surface area contributed by atoms with Crippen LogP contribution in [0, 0.1) is 6.92 Å². The van der Waals surface area contributed by atoms with Crippen LogP contribution in [0.25, 0.3) is 0 Å². The van der Waals surface area contributed by atoms with Crippen molar-refractivity contribution in [2.45, 2.75) is 20.0 Å². The monoisotopic (exact) mass is 155 g/mol. The van der Waals surface area contributed by atoms with Crippen LogP contribution >= 0.6 is 0 Å². The normalized spacial score (nSPS) is 10.0. The number of nitrogens with zero attached hydrogens (tertiary/aromatic N) is 1. The highest BCUT2D eigenvalue weighted by Gasteiger charge is 2.10. The molecule has 11 heavy (non-hydrogen) atoms. The lowest BCUT2D eigenvalue weighted by molar-refractivity contribution is -0.107. The zero-order valence-electron chi connectivity index (χ0n) is 6.20. The van der Waals surface area contributed by atoms with E-state index in [1.807, 2.05) is 0 Å². The minimum Gasteiger partial charge on any atom is -0.390 e. The molecule has 0 aliphatic heterocycles. The Hall–Kier alpha value is -1.16. The van der Waals surface area contributed by atoms with E-state index >= 15 is 0 Å². The van der Waals surface area contributed by atoms with Crippen molar-refractivity contribution in [1.29, 1.82) is 0 Å². The molecule has 0 atom stereocenters. The lowest BCUT2D eigenvalue weighted by Crippen LogP contribution is -1.93. The third-order valence-corrected chi connectivity index (χ3v) is 1.50. The molecule has 0 saturated carbocycles. The number of aldehydes is 1.